The van der Waals surface area contributed by atoms with Crippen LogP contribution < -0.4 is 14.9 Å². The third-order valence-electron chi connectivity index (χ3n) is 13.6. The smallest absolute Gasteiger partial charge is 0.293 e. The predicted octanol–water partition coefficient (Wildman–Crippen LogP) is 6.88. The third kappa shape index (κ3) is 9.51. The maximum atomic E-state index is 14.3. The highest BCUT2D eigenvalue weighted by Gasteiger charge is 2.33. The monoisotopic (exact) mass is 948 g/mol. The molecule has 0 bridgehead atoms. The number of halogens is 1. The maximum Gasteiger partial charge on any atom is 0.293 e. The number of nitrogens with zero attached hydrogens (tertiary/aromatic N) is 7. The first-order valence-electron chi connectivity index (χ1n) is 22.7. The van der Waals surface area contributed by atoms with E-state index >= 15 is 0 Å². The minimum atomic E-state index is -4.60. The molecule has 67 heavy (non-hydrogen) atoms. The van der Waals surface area contributed by atoms with Crippen molar-refractivity contribution in [3.8, 4) is 5.69 Å². The Morgan fingerprint density at radius 2 is 1.82 bits per heavy atom. The molecule has 0 spiro atoms. The highest BCUT2D eigenvalue weighted by atomic mass is 35.5. The van der Waals surface area contributed by atoms with Crippen molar-refractivity contribution < 1.29 is 27.6 Å². The molecule has 1 aliphatic carbocycles. The summed E-state index contributed by atoms with van der Waals surface area (Å²) in [6.07, 6.45) is 6.35. The van der Waals surface area contributed by atoms with E-state index in [1.807, 2.05) is 36.4 Å². The quantitative estimate of drug-likeness (QED) is 0.0803. The van der Waals surface area contributed by atoms with Gasteiger partial charge in [-0.15, -0.1) is 0 Å². The summed E-state index contributed by atoms with van der Waals surface area (Å²) in [4.78, 5) is 40.4. The number of ether oxygens (including phenoxy) is 2. The molecule has 3 aliphatic heterocycles. The molecule has 3 fully saturated rings. The number of nitrogens with one attached hydrogen (secondary N) is 3. The SMILES string of the molecule is CC1(C)CCC(CN2CCN(c3ccc(C(=O)NS(=O)(=O)c4ccc(NC[C@H]5CN(C6COC6)CCO5)c([N+](=O)[O-])c4)c(-n4ncc5nc6[nH]ccc6cc54)c3)CC2)=C(c2ccc(Cl)cc2)C1. The van der Waals surface area contributed by atoms with E-state index in [9.17, 15) is 23.3 Å². The van der Waals surface area contributed by atoms with E-state index in [0.717, 1.165) is 80.7 Å². The van der Waals surface area contributed by atoms with E-state index in [2.05, 4.69) is 60.8 Å². The minimum Gasteiger partial charge on any atom is -0.378 e. The summed E-state index contributed by atoms with van der Waals surface area (Å²) in [7, 11) is -4.60. The Labute approximate surface area is 393 Å². The average Bonchev–Trinajstić information content (AvgIpc) is 3.94. The Morgan fingerprint density at radius 3 is 2.58 bits per heavy atom. The summed E-state index contributed by atoms with van der Waals surface area (Å²) in [5.74, 6) is -0.924. The molecule has 6 aromatic rings. The van der Waals surface area contributed by atoms with Gasteiger partial charge in [0.1, 0.15) is 16.9 Å². The fourth-order valence-electron chi connectivity index (χ4n) is 9.67. The van der Waals surface area contributed by atoms with Crippen LogP contribution in [0.25, 0.3) is 33.3 Å². The number of morpholine rings is 1. The molecule has 0 saturated carbocycles. The topological polar surface area (TPSA) is 193 Å². The van der Waals surface area contributed by atoms with Crippen molar-refractivity contribution in [3.63, 3.8) is 0 Å². The van der Waals surface area contributed by atoms with E-state index < -0.39 is 31.4 Å². The number of H-pyrrole nitrogens is 1. The van der Waals surface area contributed by atoms with Gasteiger partial charge in [-0.3, -0.25) is 24.7 Å². The lowest BCUT2D eigenvalue weighted by Gasteiger charge is -2.42. The number of rotatable bonds is 13. The zero-order valence-corrected chi connectivity index (χ0v) is 39.0. The lowest BCUT2D eigenvalue weighted by molar-refractivity contribution is -0.384. The number of nitro groups is 1. The molecule has 10 rings (SSSR count). The summed E-state index contributed by atoms with van der Waals surface area (Å²) in [5, 5.41) is 21.6. The molecule has 0 unspecified atom stereocenters. The number of piperazine rings is 1. The van der Waals surface area contributed by atoms with Crippen molar-refractivity contribution in [3.05, 3.63) is 117 Å². The van der Waals surface area contributed by atoms with Gasteiger partial charge in [0.2, 0.25) is 0 Å². The second kappa shape index (κ2) is 18.3. The Kier molecular flexibility index (Phi) is 12.3. The first-order chi connectivity index (χ1) is 32.3. The van der Waals surface area contributed by atoms with Gasteiger partial charge in [-0.05, 0) is 90.4 Å². The zero-order valence-electron chi connectivity index (χ0n) is 37.4. The molecule has 17 nitrogen and oxygen atoms in total. The van der Waals surface area contributed by atoms with Crippen LogP contribution in [-0.4, -0.2) is 133 Å². The van der Waals surface area contributed by atoms with Crippen LogP contribution in [0.3, 0.4) is 0 Å². The number of amides is 1. The highest BCUT2D eigenvalue weighted by Crippen LogP contribution is 2.43. The van der Waals surface area contributed by atoms with Crippen LogP contribution >= 0.6 is 11.6 Å². The zero-order chi connectivity index (χ0) is 46.5. The molecule has 350 valence electrons. The van der Waals surface area contributed by atoms with Crippen LogP contribution in [0.4, 0.5) is 17.1 Å². The van der Waals surface area contributed by atoms with Gasteiger partial charge < -0.3 is 24.7 Å². The van der Waals surface area contributed by atoms with Gasteiger partial charge in [0, 0.05) is 80.7 Å². The van der Waals surface area contributed by atoms with Crippen LogP contribution in [0.15, 0.2) is 95.7 Å². The first kappa shape index (κ1) is 44.9. The number of nitro benzene ring substituents is 1. The number of fused-ring (bicyclic) bond motifs is 2. The summed E-state index contributed by atoms with van der Waals surface area (Å²) < 4.78 is 42.9. The van der Waals surface area contributed by atoms with Gasteiger partial charge in [0.05, 0.1) is 64.7 Å². The maximum absolute atomic E-state index is 14.3. The Morgan fingerprint density at radius 1 is 1.01 bits per heavy atom. The number of allylic oxidation sites excluding steroid dienone is 1. The second-order valence-corrected chi connectivity index (χ2v) is 20.8. The van der Waals surface area contributed by atoms with Gasteiger partial charge in [-0.1, -0.05) is 43.2 Å². The standard InChI is InChI=1S/C48H53ClN10O7S/c1-48(2)13-11-33(40(24-48)31-3-5-34(49)6-4-31)27-55-15-17-56(18-16-55)35-7-9-39(43(22-35)58-44-21-32-12-14-50-46(32)53-42(44)26-52-58)47(60)54-67(63,64)38-8-10-41(45(23-38)59(61)62)51-25-37-28-57(19-20-66-37)36-29-65-30-36/h3-10,12,14,21-23,26,36-37,51H,11,13,15-20,24-25,27-30H2,1-2H3,(H,50,53)(H,54,60)/t37-/m0/s1. The third-order valence-corrected chi connectivity index (χ3v) is 15.2. The molecule has 3 saturated heterocycles. The fourth-order valence-corrected chi connectivity index (χ4v) is 10.8. The lowest BCUT2D eigenvalue weighted by Crippen LogP contribution is -2.56. The van der Waals surface area contributed by atoms with Crippen molar-refractivity contribution in [1.29, 1.82) is 0 Å². The summed E-state index contributed by atoms with van der Waals surface area (Å²) in [6, 6.07) is 21.2. The molecule has 3 aromatic heterocycles. The number of pyridine rings is 1. The lowest BCUT2D eigenvalue weighted by atomic mass is 9.72. The number of carbonyl (C=O) groups excluding carboxylic acids is 1. The fraction of sp³-hybridized carbons (Fsp3) is 0.396. The molecule has 19 heteroatoms. The average molecular weight is 950 g/mol. The first-order valence-corrected chi connectivity index (χ1v) is 24.6. The number of hydrogen-bond donors (Lipinski definition) is 3. The minimum absolute atomic E-state index is 0.0368. The Bertz CT molecular complexity index is 3000. The Balaban J connectivity index is 0.889. The molecule has 6 heterocycles. The summed E-state index contributed by atoms with van der Waals surface area (Å²) in [6.45, 7) is 12.2. The molecule has 4 aliphatic rings. The number of sulfonamides is 1. The van der Waals surface area contributed by atoms with E-state index in [1.165, 1.54) is 28.8 Å². The van der Waals surface area contributed by atoms with Crippen LogP contribution in [-0.2, 0) is 19.5 Å². The van der Waals surface area contributed by atoms with Gasteiger partial charge in [-0.25, -0.2) is 22.8 Å². The largest absolute Gasteiger partial charge is 0.378 e. The molecule has 3 N–H and O–H groups in total. The predicted molar refractivity (Wildman–Crippen MR) is 258 cm³/mol. The molecule has 0 radical (unpaired) electrons. The van der Waals surface area contributed by atoms with Crippen molar-refractivity contribution in [1.82, 2.24) is 34.3 Å². The Hall–Kier alpha value is -5.89. The van der Waals surface area contributed by atoms with Crippen molar-refractivity contribution in [2.24, 2.45) is 5.41 Å². The molecule has 3 aromatic carbocycles. The summed E-state index contributed by atoms with van der Waals surface area (Å²) >= 11 is 6.26. The van der Waals surface area contributed by atoms with E-state index in [0.29, 0.717) is 54.8 Å². The van der Waals surface area contributed by atoms with Gasteiger partial charge in [0.15, 0.2) is 0 Å². The van der Waals surface area contributed by atoms with E-state index in [4.69, 9.17) is 26.1 Å². The van der Waals surface area contributed by atoms with Crippen LogP contribution in [0.2, 0.25) is 5.02 Å². The highest BCUT2D eigenvalue weighted by molar-refractivity contribution is 7.90. The molecular weight excluding hydrogens is 896 g/mol. The number of carbonyl (C=O) groups is 1. The molecular formula is C48H53ClN10O7S. The van der Waals surface area contributed by atoms with Crippen molar-refractivity contribution in [2.75, 3.05) is 82.4 Å². The van der Waals surface area contributed by atoms with Gasteiger partial charge in [0.25, 0.3) is 21.6 Å². The normalized spacial score (nSPS) is 19.7. The van der Waals surface area contributed by atoms with Gasteiger partial charge in [-0.2, -0.15) is 5.10 Å². The molecule has 1 atom stereocenters. The van der Waals surface area contributed by atoms with Crippen molar-refractivity contribution >= 4 is 72.2 Å². The van der Waals surface area contributed by atoms with Crippen LogP contribution in [0.5, 0.6) is 0 Å². The number of benzene rings is 3. The van der Waals surface area contributed by atoms with Crippen molar-refractivity contribution in [2.45, 2.75) is 50.2 Å². The number of aromatic amines is 1. The van der Waals surface area contributed by atoms with Gasteiger partial charge >= 0.3 is 0 Å². The van der Waals surface area contributed by atoms with Crippen LogP contribution in [0, 0.1) is 15.5 Å². The summed E-state index contributed by atoms with van der Waals surface area (Å²) in [5.41, 5.74) is 7.12. The van der Waals surface area contributed by atoms with Crippen LogP contribution in [0.1, 0.15) is 49.0 Å². The number of hydrogen-bond acceptors (Lipinski definition) is 13. The van der Waals surface area contributed by atoms with E-state index in [-0.39, 0.29) is 29.3 Å². The second-order valence-electron chi connectivity index (χ2n) is 18.7. The number of aromatic nitrogens is 4. The van der Waals surface area contributed by atoms with E-state index in [1.54, 1.807) is 23.1 Å². The molecule has 1 amide bonds. The number of anilines is 2.